The first-order valence-corrected chi connectivity index (χ1v) is 7.45. The van der Waals surface area contributed by atoms with Gasteiger partial charge < -0.3 is 14.2 Å². The van der Waals surface area contributed by atoms with E-state index in [9.17, 15) is 18.0 Å². The standard InChI is InChI=1S/C10H12O8S/c11-9(16-1-2-19(13,14)15)6-4-3-5-8(17-4)7(6)10(12)18-5/h4-8H,1-3H2,(H,13,14,15). The minimum Gasteiger partial charge on any atom is -0.464 e. The predicted octanol–water partition coefficient (Wildman–Crippen LogP) is -1.25. The van der Waals surface area contributed by atoms with Gasteiger partial charge in [-0.1, -0.05) is 0 Å². The fourth-order valence-electron chi connectivity index (χ4n) is 2.96. The van der Waals surface area contributed by atoms with E-state index < -0.39 is 58.5 Å². The molecule has 3 fully saturated rings. The second-order valence-electron chi connectivity index (χ2n) is 4.86. The minimum absolute atomic E-state index is 0.274. The molecule has 19 heavy (non-hydrogen) atoms. The van der Waals surface area contributed by atoms with E-state index in [2.05, 4.69) is 0 Å². The zero-order chi connectivity index (χ0) is 13.8. The molecule has 1 N–H and O–H groups in total. The number of hydrogen-bond acceptors (Lipinski definition) is 7. The molecule has 0 aromatic carbocycles. The largest absolute Gasteiger partial charge is 0.464 e. The summed E-state index contributed by atoms with van der Waals surface area (Å²) in [6.45, 7) is -0.448. The molecule has 5 unspecified atom stereocenters. The zero-order valence-corrected chi connectivity index (χ0v) is 10.5. The summed E-state index contributed by atoms with van der Waals surface area (Å²) in [4.78, 5) is 23.5. The minimum atomic E-state index is -4.18. The van der Waals surface area contributed by atoms with Crippen molar-refractivity contribution in [1.29, 1.82) is 0 Å². The molecule has 0 aromatic rings. The average Bonchev–Trinajstić information content (AvgIpc) is 2.86. The lowest BCUT2D eigenvalue weighted by Gasteiger charge is -2.19. The first-order valence-electron chi connectivity index (χ1n) is 5.84. The summed E-state index contributed by atoms with van der Waals surface area (Å²) in [6, 6.07) is 0. The summed E-state index contributed by atoms with van der Waals surface area (Å²) in [5.41, 5.74) is 0. The molecule has 0 spiro atoms. The van der Waals surface area contributed by atoms with Crippen molar-refractivity contribution in [3.8, 4) is 0 Å². The van der Waals surface area contributed by atoms with Crippen LogP contribution in [0.25, 0.3) is 0 Å². The second-order valence-corrected chi connectivity index (χ2v) is 6.43. The van der Waals surface area contributed by atoms with Crippen LogP contribution in [0.15, 0.2) is 0 Å². The number of carbonyl (C=O) groups excluding carboxylic acids is 2. The monoisotopic (exact) mass is 292 g/mol. The van der Waals surface area contributed by atoms with E-state index in [1.54, 1.807) is 0 Å². The van der Waals surface area contributed by atoms with Gasteiger partial charge in [0, 0.05) is 6.42 Å². The van der Waals surface area contributed by atoms with Crippen molar-refractivity contribution in [3.05, 3.63) is 0 Å². The molecule has 9 heteroatoms. The molecule has 0 radical (unpaired) electrons. The van der Waals surface area contributed by atoms with Gasteiger partial charge in [-0.15, -0.1) is 0 Å². The smallest absolute Gasteiger partial charge is 0.313 e. The Bertz CT molecular complexity index is 524. The maximum Gasteiger partial charge on any atom is 0.313 e. The molecule has 0 aliphatic carbocycles. The van der Waals surface area contributed by atoms with Crippen molar-refractivity contribution < 1.29 is 36.8 Å². The lowest BCUT2D eigenvalue weighted by atomic mass is 9.80. The van der Waals surface area contributed by atoms with Gasteiger partial charge >= 0.3 is 11.9 Å². The van der Waals surface area contributed by atoms with Crippen molar-refractivity contribution in [3.63, 3.8) is 0 Å². The van der Waals surface area contributed by atoms with Crippen LogP contribution in [0.3, 0.4) is 0 Å². The topological polar surface area (TPSA) is 116 Å². The van der Waals surface area contributed by atoms with E-state index in [1.165, 1.54) is 0 Å². The summed E-state index contributed by atoms with van der Waals surface area (Å²) in [7, 11) is -4.18. The molecule has 3 heterocycles. The van der Waals surface area contributed by atoms with Gasteiger partial charge in [0.2, 0.25) is 0 Å². The molecule has 3 rings (SSSR count). The van der Waals surface area contributed by atoms with Crippen LogP contribution in [0.4, 0.5) is 0 Å². The molecule has 3 aliphatic rings. The van der Waals surface area contributed by atoms with Crippen LogP contribution in [0.1, 0.15) is 6.42 Å². The quantitative estimate of drug-likeness (QED) is 0.504. The maximum absolute atomic E-state index is 11.9. The Labute approximate surface area is 108 Å². The van der Waals surface area contributed by atoms with Crippen LogP contribution in [0, 0.1) is 11.8 Å². The number of ether oxygens (including phenoxy) is 3. The van der Waals surface area contributed by atoms with Crippen LogP contribution in [-0.4, -0.2) is 55.6 Å². The molecule has 0 aromatic heterocycles. The molecule has 3 aliphatic heterocycles. The van der Waals surface area contributed by atoms with Crippen LogP contribution < -0.4 is 0 Å². The average molecular weight is 292 g/mol. The summed E-state index contributed by atoms with van der Waals surface area (Å²) >= 11 is 0. The van der Waals surface area contributed by atoms with Crippen molar-refractivity contribution in [1.82, 2.24) is 0 Å². The fourth-order valence-corrected chi connectivity index (χ4v) is 3.25. The highest BCUT2D eigenvalue weighted by molar-refractivity contribution is 7.85. The molecule has 5 atom stereocenters. The summed E-state index contributed by atoms with van der Waals surface area (Å²) in [6.07, 6.45) is -0.615. The molecule has 106 valence electrons. The normalized spacial score (nSPS) is 39.4. The van der Waals surface area contributed by atoms with Gasteiger partial charge in [0.05, 0.1) is 12.0 Å². The summed E-state index contributed by atoms with van der Waals surface area (Å²) in [5, 5.41) is 0. The highest BCUT2D eigenvalue weighted by atomic mass is 32.2. The van der Waals surface area contributed by atoms with Crippen molar-refractivity contribution >= 4 is 22.1 Å². The van der Waals surface area contributed by atoms with Gasteiger partial charge in [-0.3, -0.25) is 14.1 Å². The molecule has 8 nitrogen and oxygen atoms in total. The van der Waals surface area contributed by atoms with E-state index in [0.29, 0.717) is 6.42 Å². The molecular formula is C10H12O8S. The van der Waals surface area contributed by atoms with Crippen molar-refractivity contribution in [2.75, 3.05) is 12.4 Å². The SMILES string of the molecule is O=C(OCCS(=O)(=O)O)C1C2CC3OC(=O)C1C3O2. The first-order chi connectivity index (χ1) is 8.87. The third-order valence-electron chi connectivity index (χ3n) is 3.70. The van der Waals surface area contributed by atoms with Crippen molar-refractivity contribution in [2.24, 2.45) is 11.8 Å². The van der Waals surface area contributed by atoms with Gasteiger partial charge in [0.25, 0.3) is 10.1 Å². The van der Waals surface area contributed by atoms with Gasteiger partial charge in [-0.25, -0.2) is 0 Å². The Morgan fingerprint density at radius 3 is 2.84 bits per heavy atom. The van der Waals surface area contributed by atoms with E-state index in [0.717, 1.165) is 0 Å². The fraction of sp³-hybridized carbons (Fsp3) is 0.800. The first kappa shape index (κ1) is 12.8. The van der Waals surface area contributed by atoms with E-state index in [-0.39, 0.29) is 6.10 Å². The zero-order valence-electron chi connectivity index (χ0n) is 9.72. The predicted molar refractivity (Wildman–Crippen MR) is 57.5 cm³/mol. The number of rotatable bonds is 4. The number of hydrogen-bond donors (Lipinski definition) is 1. The van der Waals surface area contributed by atoms with Crippen LogP contribution in [0.5, 0.6) is 0 Å². The van der Waals surface area contributed by atoms with Gasteiger partial charge in [-0.2, -0.15) is 8.42 Å². The Morgan fingerprint density at radius 2 is 2.16 bits per heavy atom. The van der Waals surface area contributed by atoms with E-state index in [4.69, 9.17) is 18.8 Å². The Hall–Kier alpha value is -1.19. The second kappa shape index (κ2) is 4.15. The van der Waals surface area contributed by atoms with Crippen LogP contribution in [0.2, 0.25) is 0 Å². The number of carbonyl (C=O) groups is 2. The molecule has 0 saturated carbocycles. The molecule has 3 saturated heterocycles. The Balaban J connectivity index is 1.63. The van der Waals surface area contributed by atoms with E-state index in [1.807, 2.05) is 0 Å². The van der Waals surface area contributed by atoms with Gasteiger partial charge in [-0.05, 0) is 0 Å². The lowest BCUT2D eigenvalue weighted by molar-refractivity contribution is -0.155. The molecular weight excluding hydrogens is 280 g/mol. The van der Waals surface area contributed by atoms with Crippen molar-refractivity contribution in [2.45, 2.75) is 24.7 Å². The summed E-state index contributed by atoms with van der Waals surface area (Å²) in [5.74, 6) is -3.21. The third-order valence-corrected chi connectivity index (χ3v) is 4.38. The Morgan fingerprint density at radius 1 is 1.42 bits per heavy atom. The highest BCUT2D eigenvalue weighted by Crippen LogP contribution is 2.50. The third kappa shape index (κ3) is 2.11. The maximum atomic E-state index is 11.9. The Kier molecular flexibility index (Phi) is 2.80. The van der Waals surface area contributed by atoms with Crippen LogP contribution >= 0.6 is 0 Å². The number of fused-ring (bicyclic) bond motifs is 1. The highest BCUT2D eigenvalue weighted by Gasteiger charge is 2.66. The number of esters is 2. The molecule has 2 bridgehead atoms. The summed E-state index contributed by atoms with van der Waals surface area (Å²) < 4.78 is 44.9. The molecule has 0 amide bonds. The van der Waals surface area contributed by atoms with E-state index >= 15 is 0 Å². The van der Waals surface area contributed by atoms with Gasteiger partial charge in [0.1, 0.15) is 30.5 Å². The lowest BCUT2D eigenvalue weighted by Crippen LogP contribution is -2.37. The van der Waals surface area contributed by atoms with Crippen LogP contribution in [-0.2, 0) is 33.9 Å². The van der Waals surface area contributed by atoms with Gasteiger partial charge in [0.15, 0.2) is 0 Å².